The maximum Gasteiger partial charge on any atom is 0.227 e. The van der Waals surface area contributed by atoms with Crippen LogP contribution in [0.4, 0.5) is 21.8 Å². The Labute approximate surface area is 183 Å². The fourth-order valence-corrected chi connectivity index (χ4v) is 3.41. The van der Waals surface area contributed by atoms with Crippen LogP contribution in [0, 0.1) is 11.3 Å². The van der Waals surface area contributed by atoms with Gasteiger partial charge in [-0.25, -0.2) is 19.3 Å². The average Bonchev–Trinajstić information content (AvgIpc) is 3.26. The Morgan fingerprint density at radius 2 is 2.16 bits per heavy atom. The summed E-state index contributed by atoms with van der Waals surface area (Å²) in [6, 6.07) is 8.96. The van der Waals surface area contributed by atoms with Crippen molar-refractivity contribution in [3.63, 3.8) is 0 Å². The highest BCUT2D eigenvalue weighted by molar-refractivity contribution is 5.81. The van der Waals surface area contributed by atoms with E-state index in [9.17, 15) is 14.4 Å². The topological polar surface area (TPSA) is 128 Å². The summed E-state index contributed by atoms with van der Waals surface area (Å²) in [5.41, 5.74) is 2.76. The molecule has 0 aliphatic carbocycles. The molecule has 2 N–H and O–H groups in total. The van der Waals surface area contributed by atoms with Crippen LogP contribution in [0.15, 0.2) is 42.9 Å². The number of aromatic nitrogens is 4. The number of carbonyl (C=O) groups is 1. The zero-order chi connectivity index (χ0) is 22.5. The van der Waals surface area contributed by atoms with E-state index in [1.54, 1.807) is 47.8 Å². The largest absolute Gasteiger partial charge is 0.389 e. The highest BCUT2D eigenvalue weighted by Gasteiger charge is 2.25. The molecule has 4 heterocycles. The molecule has 3 aromatic heterocycles. The molecule has 10 heteroatoms. The number of pyridine rings is 2. The Bertz CT molecular complexity index is 1160. The van der Waals surface area contributed by atoms with Gasteiger partial charge >= 0.3 is 0 Å². The maximum absolute atomic E-state index is 13.6. The Hall–Kier alpha value is -3.97. The number of ketones is 1. The van der Waals surface area contributed by atoms with Crippen molar-refractivity contribution in [2.24, 2.45) is 0 Å². The molecule has 1 saturated heterocycles. The van der Waals surface area contributed by atoms with Gasteiger partial charge in [0.2, 0.25) is 5.95 Å². The smallest absolute Gasteiger partial charge is 0.227 e. The SMILES string of the molecule is N#Cc1cc(-c2ccnc(Nc3ccc(CC(=O)CO)nc3)n2)cnc1N1CC[C@H](F)C1. The number of rotatable bonds is 7. The molecule has 0 spiro atoms. The first-order valence-corrected chi connectivity index (χ1v) is 10.0. The van der Waals surface area contributed by atoms with E-state index < -0.39 is 12.8 Å². The molecule has 0 aromatic carbocycles. The predicted octanol–water partition coefficient (Wildman–Crippen LogP) is 2.20. The third-order valence-electron chi connectivity index (χ3n) is 5.00. The molecule has 1 fully saturated rings. The summed E-state index contributed by atoms with van der Waals surface area (Å²) < 4.78 is 13.6. The zero-order valence-electron chi connectivity index (χ0n) is 17.1. The Morgan fingerprint density at radius 3 is 2.84 bits per heavy atom. The van der Waals surface area contributed by atoms with Crippen molar-refractivity contribution in [3.8, 4) is 17.3 Å². The number of anilines is 3. The molecule has 0 radical (unpaired) electrons. The van der Waals surface area contributed by atoms with E-state index in [1.807, 2.05) is 0 Å². The average molecular weight is 433 g/mol. The summed E-state index contributed by atoms with van der Waals surface area (Å²) >= 11 is 0. The van der Waals surface area contributed by atoms with Crippen LogP contribution in [0.1, 0.15) is 17.7 Å². The van der Waals surface area contributed by atoms with E-state index in [1.165, 1.54) is 0 Å². The maximum atomic E-state index is 13.6. The molecule has 9 nitrogen and oxygen atoms in total. The Morgan fingerprint density at radius 1 is 1.28 bits per heavy atom. The molecular weight excluding hydrogens is 413 g/mol. The van der Waals surface area contributed by atoms with E-state index in [0.29, 0.717) is 52.9 Å². The third-order valence-corrected chi connectivity index (χ3v) is 5.00. The van der Waals surface area contributed by atoms with Crippen LogP contribution in [0.2, 0.25) is 0 Å². The van der Waals surface area contributed by atoms with Crippen LogP contribution < -0.4 is 10.2 Å². The van der Waals surface area contributed by atoms with E-state index >= 15 is 0 Å². The minimum atomic E-state index is -0.905. The number of hydrogen-bond donors (Lipinski definition) is 2. The highest BCUT2D eigenvalue weighted by atomic mass is 19.1. The number of nitrogens with zero attached hydrogens (tertiary/aromatic N) is 6. The number of nitrogens with one attached hydrogen (secondary N) is 1. The number of Topliss-reactive ketones (excluding diaryl/α,β-unsaturated/α-hetero) is 1. The minimum Gasteiger partial charge on any atom is -0.389 e. The number of carbonyl (C=O) groups excluding carboxylic acids is 1. The second-order valence-electron chi connectivity index (χ2n) is 7.34. The standard InChI is InChI=1S/C22H20FN7O2/c23-16-4-6-30(12-16)21-14(9-24)7-15(10-27-21)20-3-5-25-22(29-20)28-18-2-1-17(26-11-18)8-19(32)13-31/h1-3,5,7,10-11,16,31H,4,6,8,12-13H2,(H,25,28,29)/t16-/m0/s1. The second-order valence-corrected chi connectivity index (χ2v) is 7.34. The fraction of sp³-hybridized carbons (Fsp3) is 0.273. The van der Waals surface area contributed by atoms with E-state index in [4.69, 9.17) is 5.11 Å². The predicted molar refractivity (Wildman–Crippen MR) is 115 cm³/mol. The van der Waals surface area contributed by atoms with Crippen molar-refractivity contribution in [2.75, 3.05) is 29.9 Å². The van der Waals surface area contributed by atoms with Gasteiger partial charge < -0.3 is 15.3 Å². The van der Waals surface area contributed by atoms with Crippen LogP contribution in [0.25, 0.3) is 11.3 Å². The van der Waals surface area contributed by atoms with Gasteiger partial charge in [-0.2, -0.15) is 5.26 Å². The normalized spacial score (nSPS) is 15.4. The van der Waals surface area contributed by atoms with Crippen molar-refractivity contribution < 1.29 is 14.3 Å². The molecule has 32 heavy (non-hydrogen) atoms. The van der Waals surface area contributed by atoms with Gasteiger partial charge in [0.15, 0.2) is 5.78 Å². The molecule has 1 atom stereocenters. The summed E-state index contributed by atoms with van der Waals surface area (Å²) in [6.45, 7) is 0.258. The van der Waals surface area contributed by atoms with E-state index in [0.717, 1.165) is 0 Å². The van der Waals surface area contributed by atoms with Gasteiger partial charge in [-0.15, -0.1) is 0 Å². The summed E-state index contributed by atoms with van der Waals surface area (Å²) in [4.78, 5) is 30.4. The monoisotopic (exact) mass is 433 g/mol. The zero-order valence-corrected chi connectivity index (χ0v) is 17.1. The quantitative estimate of drug-likeness (QED) is 0.576. The first-order valence-electron chi connectivity index (χ1n) is 10.0. The lowest BCUT2D eigenvalue weighted by Crippen LogP contribution is -2.22. The first kappa shape index (κ1) is 21.3. The van der Waals surface area contributed by atoms with Crippen molar-refractivity contribution in [2.45, 2.75) is 19.0 Å². The van der Waals surface area contributed by atoms with Crippen LogP contribution >= 0.6 is 0 Å². The number of aliphatic hydroxyl groups excluding tert-OH is 1. The molecule has 162 valence electrons. The Kier molecular flexibility index (Phi) is 6.28. The van der Waals surface area contributed by atoms with Crippen molar-refractivity contribution in [1.82, 2.24) is 19.9 Å². The van der Waals surface area contributed by atoms with Gasteiger partial charge in [0.05, 0.1) is 36.1 Å². The number of hydrogen-bond acceptors (Lipinski definition) is 9. The molecule has 0 unspecified atom stereocenters. The lowest BCUT2D eigenvalue weighted by atomic mass is 10.1. The first-order chi connectivity index (χ1) is 15.6. The molecular formula is C22H20FN7O2. The van der Waals surface area contributed by atoms with Gasteiger partial charge in [-0.1, -0.05) is 0 Å². The van der Waals surface area contributed by atoms with Crippen LogP contribution in [-0.2, 0) is 11.2 Å². The molecule has 0 amide bonds. The van der Waals surface area contributed by atoms with Gasteiger partial charge in [0.1, 0.15) is 24.7 Å². The summed E-state index contributed by atoms with van der Waals surface area (Å²) in [7, 11) is 0. The number of halogens is 1. The third kappa shape index (κ3) is 4.84. The van der Waals surface area contributed by atoms with Crippen molar-refractivity contribution in [3.05, 3.63) is 54.1 Å². The molecule has 0 bridgehead atoms. The fourth-order valence-electron chi connectivity index (χ4n) is 3.41. The summed E-state index contributed by atoms with van der Waals surface area (Å²) in [5, 5.41) is 21.4. The lowest BCUT2D eigenvalue weighted by molar-refractivity contribution is -0.121. The molecule has 4 rings (SSSR count). The summed E-state index contributed by atoms with van der Waals surface area (Å²) in [6.07, 6.45) is 4.34. The van der Waals surface area contributed by atoms with Gasteiger partial charge in [-0.3, -0.25) is 9.78 Å². The van der Waals surface area contributed by atoms with Crippen LogP contribution in [0.5, 0.6) is 0 Å². The molecule has 0 saturated carbocycles. The molecule has 1 aliphatic rings. The lowest BCUT2D eigenvalue weighted by Gasteiger charge is -2.18. The van der Waals surface area contributed by atoms with Gasteiger partial charge in [0, 0.05) is 30.2 Å². The van der Waals surface area contributed by atoms with Gasteiger partial charge in [-0.05, 0) is 30.7 Å². The van der Waals surface area contributed by atoms with Crippen LogP contribution in [0.3, 0.4) is 0 Å². The van der Waals surface area contributed by atoms with Crippen molar-refractivity contribution >= 4 is 23.2 Å². The Balaban J connectivity index is 1.51. The van der Waals surface area contributed by atoms with E-state index in [2.05, 4.69) is 31.3 Å². The number of alkyl halides is 1. The number of aliphatic hydroxyl groups is 1. The van der Waals surface area contributed by atoms with Crippen molar-refractivity contribution in [1.29, 1.82) is 5.26 Å². The van der Waals surface area contributed by atoms with E-state index in [-0.39, 0.29) is 18.7 Å². The van der Waals surface area contributed by atoms with Crippen LogP contribution in [-0.4, -0.2) is 56.7 Å². The molecule has 3 aromatic rings. The second kappa shape index (κ2) is 9.45. The van der Waals surface area contributed by atoms with Gasteiger partial charge in [0.25, 0.3) is 0 Å². The number of nitriles is 1. The highest BCUT2D eigenvalue weighted by Crippen LogP contribution is 2.27. The molecule has 1 aliphatic heterocycles. The summed E-state index contributed by atoms with van der Waals surface area (Å²) in [5.74, 6) is 0.500. The minimum absolute atomic E-state index is 0.0659.